The Kier molecular flexibility index (Phi) is 6.69. The van der Waals surface area contributed by atoms with E-state index < -0.39 is 0 Å². The van der Waals surface area contributed by atoms with Gasteiger partial charge in [-0.1, -0.05) is 30.3 Å². The predicted molar refractivity (Wildman–Crippen MR) is 109 cm³/mol. The number of hydrogen-bond acceptors (Lipinski definition) is 3. The molecule has 1 heterocycles. The Morgan fingerprint density at radius 1 is 1.14 bits per heavy atom. The third kappa shape index (κ3) is 4.91. The summed E-state index contributed by atoms with van der Waals surface area (Å²) in [6.45, 7) is 5.24. The van der Waals surface area contributed by atoms with E-state index in [1.807, 2.05) is 61.2 Å². The Morgan fingerprint density at radius 3 is 2.54 bits per heavy atom. The van der Waals surface area contributed by atoms with Crippen LogP contribution in [0.1, 0.15) is 55.1 Å². The summed E-state index contributed by atoms with van der Waals surface area (Å²) in [6, 6.07) is 17.0. The molecule has 5 heteroatoms. The number of amides is 2. The predicted octanol–water partition coefficient (Wildman–Crippen LogP) is 3.96. The fraction of sp³-hybridized carbons (Fsp3) is 0.391. The van der Waals surface area contributed by atoms with E-state index in [-0.39, 0.29) is 23.9 Å². The van der Waals surface area contributed by atoms with E-state index in [4.69, 9.17) is 4.74 Å². The van der Waals surface area contributed by atoms with Gasteiger partial charge in [-0.2, -0.15) is 0 Å². The van der Waals surface area contributed by atoms with Crippen LogP contribution in [0.15, 0.2) is 54.6 Å². The van der Waals surface area contributed by atoms with Crippen LogP contribution >= 0.6 is 0 Å². The number of rotatable bonds is 7. The van der Waals surface area contributed by atoms with Gasteiger partial charge in [0.05, 0.1) is 12.6 Å². The molecule has 148 valence electrons. The van der Waals surface area contributed by atoms with E-state index >= 15 is 0 Å². The Balaban J connectivity index is 1.58. The maximum atomic E-state index is 12.9. The molecule has 1 saturated heterocycles. The highest BCUT2D eigenvalue weighted by Crippen LogP contribution is 2.33. The number of likely N-dealkylation sites (tertiary alicyclic amines) is 1. The SMILES string of the molecule is CCOc1ccc(C2CCCN2C(=O)CC(C)NC(=O)c2ccccc2)cc1. The van der Waals surface area contributed by atoms with Crippen molar-refractivity contribution in [3.8, 4) is 5.75 Å². The fourth-order valence-electron chi connectivity index (χ4n) is 3.69. The van der Waals surface area contributed by atoms with Crippen LogP contribution in [0.3, 0.4) is 0 Å². The molecule has 2 unspecified atom stereocenters. The minimum Gasteiger partial charge on any atom is -0.494 e. The standard InChI is InChI=1S/C23H28N2O3/c1-3-28-20-13-11-18(12-14-20)21-10-7-15-25(21)22(26)16-17(2)24-23(27)19-8-5-4-6-9-19/h4-6,8-9,11-14,17,21H,3,7,10,15-16H2,1-2H3,(H,24,27). The minimum absolute atomic E-state index is 0.0808. The van der Waals surface area contributed by atoms with Crippen molar-refractivity contribution in [2.45, 2.75) is 45.2 Å². The van der Waals surface area contributed by atoms with Crippen molar-refractivity contribution < 1.29 is 14.3 Å². The van der Waals surface area contributed by atoms with Gasteiger partial charge in [0, 0.05) is 24.6 Å². The van der Waals surface area contributed by atoms with Gasteiger partial charge in [-0.3, -0.25) is 9.59 Å². The first-order valence-corrected chi connectivity index (χ1v) is 9.96. The van der Waals surface area contributed by atoms with Gasteiger partial charge < -0.3 is 15.0 Å². The van der Waals surface area contributed by atoms with E-state index in [1.54, 1.807) is 12.1 Å². The molecule has 1 fully saturated rings. The van der Waals surface area contributed by atoms with Crippen molar-refractivity contribution in [3.63, 3.8) is 0 Å². The monoisotopic (exact) mass is 380 g/mol. The molecule has 0 aromatic heterocycles. The molecule has 1 N–H and O–H groups in total. The number of carbonyl (C=O) groups is 2. The van der Waals surface area contributed by atoms with Gasteiger partial charge in [0.15, 0.2) is 0 Å². The molecule has 1 aliphatic rings. The van der Waals surface area contributed by atoms with Crippen LogP contribution in [0.5, 0.6) is 5.75 Å². The molecule has 0 bridgehead atoms. The number of nitrogens with zero attached hydrogens (tertiary/aromatic N) is 1. The lowest BCUT2D eigenvalue weighted by Crippen LogP contribution is -2.39. The van der Waals surface area contributed by atoms with Crippen LogP contribution in [0.4, 0.5) is 0 Å². The molecule has 0 saturated carbocycles. The Bertz CT molecular complexity index is 789. The molecule has 28 heavy (non-hydrogen) atoms. The lowest BCUT2D eigenvalue weighted by atomic mass is 10.0. The first-order chi connectivity index (χ1) is 13.6. The van der Waals surface area contributed by atoms with Gasteiger partial charge in [-0.25, -0.2) is 0 Å². The summed E-state index contributed by atoms with van der Waals surface area (Å²) in [5.74, 6) is 0.780. The van der Waals surface area contributed by atoms with Crippen molar-refractivity contribution >= 4 is 11.8 Å². The smallest absolute Gasteiger partial charge is 0.251 e. The first kappa shape index (κ1) is 19.9. The number of carbonyl (C=O) groups excluding carboxylic acids is 2. The molecule has 2 aromatic carbocycles. The second-order valence-electron chi connectivity index (χ2n) is 7.19. The van der Waals surface area contributed by atoms with Gasteiger partial charge in [0.2, 0.25) is 5.91 Å². The molecular formula is C23H28N2O3. The highest BCUT2D eigenvalue weighted by atomic mass is 16.5. The van der Waals surface area contributed by atoms with Crippen LogP contribution in [0.25, 0.3) is 0 Å². The average Bonchev–Trinajstić information content (AvgIpc) is 3.19. The van der Waals surface area contributed by atoms with Gasteiger partial charge >= 0.3 is 0 Å². The normalized spacial score (nSPS) is 17.2. The lowest BCUT2D eigenvalue weighted by Gasteiger charge is -2.27. The zero-order valence-electron chi connectivity index (χ0n) is 16.6. The molecule has 5 nitrogen and oxygen atoms in total. The van der Waals surface area contributed by atoms with Crippen LogP contribution in [0.2, 0.25) is 0 Å². The Morgan fingerprint density at radius 2 is 1.86 bits per heavy atom. The van der Waals surface area contributed by atoms with Crippen LogP contribution in [-0.2, 0) is 4.79 Å². The molecule has 2 amide bonds. The lowest BCUT2D eigenvalue weighted by molar-refractivity contribution is -0.132. The van der Waals surface area contributed by atoms with Crippen molar-refractivity contribution in [2.24, 2.45) is 0 Å². The zero-order chi connectivity index (χ0) is 19.9. The fourth-order valence-corrected chi connectivity index (χ4v) is 3.69. The Labute approximate surface area is 166 Å². The van der Waals surface area contributed by atoms with Gasteiger partial charge in [0.25, 0.3) is 5.91 Å². The third-order valence-electron chi connectivity index (χ3n) is 5.04. The summed E-state index contributed by atoms with van der Waals surface area (Å²) in [4.78, 5) is 27.1. The second kappa shape index (κ2) is 9.40. The number of ether oxygens (including phenoxy) is 1. The average molecular weight is 380 g/mol. The highest BCUT2D eigenvalue weighted by molar-refractivity contribution is 5.94. The van der Waals surface area contributed by atoms with Crippen molar-refractivity contribution in [2.75, 3.05) is 13.2 Å². The van der Waals surface area contributed by atoms with Gasteiger partial charge in [-0.05, 0) is 56.5 Å². The maximum absolute atomic E-state index is 12.9. The molecule has 1 aliphatic heterocycles. The van der Waals surface area contributed by atoms with Crippen LogP contribution in [0, 0.1) is 0 Å². The summed E-state index contributed by atoms with van der Waals surface area (Å²) in [6.07, 6.45) is 2.25. The van der Waals surface area contributed by atoms with E-state index in [2.05, 4.69) is 5.32 Å². The van der Waals surface area contributed by atoms with E-state index in [0.29, 0.717) is 18.6 Å². The minimum atomic E-state index is -0.221. The van der Waals surface area contributed by atoms with E-state index in [9.17, 15) is 9.59 Å². The number of hydrogen-bond donors (Lipinski definition) is 1. The third-order valence-corrected chi connectivity index (χ3v) is 5.04. The quantitative estimate of drug-likeness (QED) is 0.791. The maximum Gasteiger partial charge on any atom is 0.251 e. The molecule has 0 aliphatic carbocycles. The van der Waals surface area contributed by atoms with Gasteiger partial charge in [-0.15, -0.1) is 0 Å². The summed E-state index contributed by atoms with van der Waals surface area (Å²) in [7, 11) is 0. The number of benzene rings is 2. The topological polar surface area (TPSA) is 58.6 Å². The molecule has 0 spiro atoms. The zero-order valence-corrected chi connectivity index (χ0v) is 16.6. The number of nitrogens with one attached hydrogen (secondary N) is 1. The summed E-state index contributed by atoms with van der Waals surface area (Å²) < 4.78 is 5.50. The van der Waals surface area contributed by atoms with Crippen LogP contribution < -0.4 is 10.1 Å². The van der Waals surface area contributed by atoms with Crippen molar-refractivity contribution in [1.82, 2.24) is 10.2 Å². The van der Waals surface area contributed by atoms with Crippen LogP contribution in [-0.4, -0.2) is 35.9 Å². The highest BCUT2D eigenvalue weighted by Gasteiger charge is 2.30. The molecular weight excluding hydrogens is 352 g/mol. The molecule has 2 atom stereocenters. The first-order valence-electron chi connectivity index (χ1n) is 9.96. The second-order valence-corrected chi connectivity index (χ2v) is 7.19. The van der Waals surface area contributed by atoms with Crippen molar-refractivity contribution in [1.29, 1.82) is 0 Å². The summed E-state index contributed by atoms with van der Waals surface area (Å²) >= 11 is 0. The largest absolute Gasteiger partial charge is 0.494 e. The van der Waals surface area contributed by atoms with E-state index in [1.165, 1.54) is 0 Å². The van der Waals surface area contributed by atoms with Crippen molar-refractivity contribution in [3.05, 3.63) is 65.7 Å². The summed E-state index contributed by atoms with van der Waals surface area (Å²) in [5, 5.41) is 2.92. The van der Waals surface area contributed by atoms with Gasteiger partial charge in [0.1, 0.15) is 5.75 Å². The summed E-state index contributed by atoms with van der Waals surface area (Å²) in [5.41, 5.74) is 1.74. The van der Waals surface area contributed by atoms with E-state index in [0.717, 1.165) is 30.7 Å². The molecule has 3 rings (SSSR count). The molecule has 2 aromatic rings. The Hall–Kier alpha value is -2.82. The molecule has 0 radical (unpaired) electrons.